The van der Waals surface area contributed by atoms with Gasteiger partial charge in [0.05, 0.1) is 0 Å². The van der Waals surface area contributed by atoms with Gasteiger partial charge in [0.1, 0.15) is 11.4 Å². The second-order valence-electron chi connectivity index (χ2n) is 3.95. The standard InChI is InChI=1S/C12H14N4O2/c1-16-5-4-10(15-16)12(18)14-7-8-6-9(13)2-3-11(8)17/h2-6,17H,7,13H2,1H3,(H,14,18). The summed E-state index contributed by atoms with van der Waals surface area (Å²) in [5, 5.41) is 16.2. The molecule has 0 spiro atoms. The van der Waals surface area contributed by atoms with Crippen LogP contribution in [0.2, 0.25) is 0 Å². The Morgan fingerprint density at radius 2 is 2.28 bits per heavy atom. The summed E-state index contributed by atoms with van der Waals surface area (Å²) < 4.78 is 1.55. The quantitative estimate of drug-likeness (QED) is 0.547. The molecule has 18 heavy (non-hydrogen) atoms. The predicted molar refractivity (Wildman–Crippen MR) is 66.9 cm³/mol. The van der Waals surface area contributed by atoms with Crippen molar-refractivity contribution in [2.24, 2.45) is 7.05 Å². The minimum Gasteiger partial charge on any atom is -0.508 e. The zero-order valence-electron chi connectivity index (χ0n) is 9.92. The van der Waals surface area contributed by atoms with E-state index in [0.29, 0.717) is 16.9 Å². The fraction of sp³-hybridized carbons (Fsp3) is 0.167. The number of nitrogens with two attached hydrogens (primary N) is 1. The zero-order chi connectivity index (χ0) is 13.1. The third kappa shape index (κ3) is 2.60. The number of phenolic OH excluding ortho intramolecular Hbond substituents is 1. The van der Waals surface area contributed by atoms with Crippen LogP contribution in [0.1, 0.15) is 16.1 Å². The normalized spacial score (nSPS) is 10.3. The number of aromatic nitrogens is 2. The molecule has 6 nitrogen and oxygen atoms in total. The lowest BCUT2D eigenvalue weighted by Gasteiger charge is -2.06. The molecule has 2 aromatic rings. The number of hydrogen-bond acceptors (Lipinski definition) is 4. The third-order valence-electron chi connectivity index (χ3n) is 2.49. The Kier molecular flexibility index (Phi) is 3.18. The van der Waals surface area contributed by atoms with Gasteiger partial charge in [-0.3, -0.25) is 9.48 Å². The van der Waals surface area contributed by atoms with Crippen LogP contribution in [0, 0.1) is 0 Å². The van der Waals surface area contributed by atoms with Crippen molar-refractivity contribution in [3.8, 4) is 5.75 Å². The molecule has 0 saturated carbocycles. The van der Waals surface area contributed by atoms with E-state index in [0.717, 1.165) is 0 Å². The maximum absolute atomic E-state index is 11.7. The molecular formula is C12H14N4O2. The number of phenols is 1. The van der Waals surface area contributed by atoms with Gasteiger partial charge in [-0.05, 0) is 24.3 Å². The number of benzene rings is 1. The molecule has 1 heterocycles. The molecule has 1 amide bonds. The Labute approximate surface area is 104 Å². The van der Waals surface area contributed by atoms with Gasteiger partial charge in [0.15, 0.2) is 0 Å². The maximum atomic E-state index is 11.7. The van der Waals surface area contributed by atoms with Gasteiger partial charge in [0.25, 0.3) is 5.91 Å². The van der Waals surface area contributed by atoms with Crippen LogP contribution in [-0.4, -0.2) is 20.8 Å². The predicted octanol–water partition coefficient (Wildman–Crippen LogP) is 0.638. The highest BCUT2D eigenvalue weighted by atomic mass is 16.3. The first-order valence-electron chi connectivity index (χ1n) is 5.41. The van der Waals surface area contributed by atoms with Crippen LogP contribution < -0.4 is 11.1 Å². The number of aryl methyl sites for hydroxylation is 1. The van der Waals surface area contributed by atoms with Crippen molar-refractivity contribution in [3.05, 3.63) is 41.7 Å². The third-order valence-corrected chi connectivity index (χ3v) is 2.49. The van der Waals surface area contributed by atoms with Crippen molar-refractivity contribution >= 4 is 11.6 Å². The fourth-order valence-electron chi connectivity index (χ4n) is 1.55. The van der Waals surface area contributed by atoms with Crippen LogP contribution in [0.15, 0.2) is 30.5 Å². The minimum absolute atomic E-state index is 0.102. The van der Waals surface area contributed by atoms with Crippen molar-refractivity contribution in [2.45, 2.75) is 6.54 Å². The van der Waals surface area contributed by atoms with Crippen LogP contribution in [0.3, 0.4) is 0 Å². The molecular weight excluding hydrogens is 232 g/mol. The first kappa shape index (κ1) is 12.0. The monoisotopic (exact) mass is 246 g/mol. The van der Waals surface area contributed by atoms with Crippen molar-refractivity contribution in [1.82, 2.24) is 15.1 Å². The van der Waals surface area contributed by atoms with E-state index in [1.165, 1.54) is 6.07 Å². The molecule has 4 N–H and O–H groups in total. The number of aromatic hydroxyl groups is 1. The van der Waals surface area contributed by atoms with Gasteiger partial charge in [-0.15, -0.1) is 0 Å². The number of carbonyl (C=O) groups is 1. The van der Waals surface area contributed by atoms with E-state index in [1.54, 1.807) is 36.1 Å². The van der Waals surface area contributed by atoms with Crippen molar-refractivity contribution in [3.63, 3.8) is 0 Å². The van der Waals surface area contributed by atoms with Gasteiger partial charge in [-0.1, -0.05) is 0 Å². The molecule has 0 saturated heterocycles. The largest absolute Gasteiger partial charge is 0.508 e. The number of carbonyl (C=O) groups excluding carboxylic acids is 1. The SMILES string of the molecule is Cn1ccc(C(=O)NCc2cc(N)ccc2O)n1. The Bertz CT molecular complexity index is 577. The molecule has 1 aromatic carbocycles. The highest BCUT2D eigenvalue weighted by Crippen LogP contribution is 2.19. The van der Waals surface area contributed by atoms with E-state index in [-0.39, 0.29) is 18.2 Å². The Morgan fingerprint density at radius 3 is 2.94 bits per heavy atom. The van der Waals surface area contributed by atoms with Gasteiger partial charge < -0.3 is 16.2 Å². The van der Waals surface area contributed by atoms with Gasteiger partial charge in [0.2, 0.25) is 0 Å². The van der Waals surface area contributed by atoms with Crippen molar-refractivity contribution in [1.29, 1.82) is 0 Å². The molecule has 0 aliphatic heterocycles. The van der Waals surface area contributed by atoms with E-state index in [1.807, 2.05) is 0 Å². The number of hydrogen-bond donors (Lipinski definition) is 3. The van der Waals surface area contributed by atoms with E-state index in [9.17, 15) is 9.90 Å². The van der Waals surface area contributed by atoms with Crippen LogP contribution in [0.25, 0.3) is 0 Å². The number of nitrogens with one attached hydrogen (secondary N) is 1. The minimum atomic E-state index is -0.294. The molecule has 2 rings (SSSR count). The van der Waals surface area contributed by atoms with Gasteiger partial charge in [-0.25, -0.2) is 0 Å². The van der Waals surface area contributed by atoms with Crippen molar-refractivity contribution < 1.29 is 9.90 Å². The lowest BCUT2D eigenvalue weighted by atomic mass is 10.2. The van der Waals surface area contributed by atoms with Gasteiger partial charge in [0, 0.05) is 31.0 Å². The number of anilines is 1. The van der Waals surface area contributed by atoms with Gasteiger partial charge in [-0.2, -0.15) is 5.10 Å². The number of amides is 1. The summed E-state index contributed by atoms with van der Waals surface area (Å²) in [6.45, 7) is 0.201. The summed E-state index contributed by atoms with van der Waals surface area (Å²) in [4.78, 5) is 11.7. The second-order valence-corrected chi connectivity index (χ2v) is 3.95. The lowest BCUT2D eigenvalue weighted by Crippen LogP contribution is -2.23. The molecule has 94 valence electrons. The van der Waals surface area contributed by atoms with Crippen LogP contribution in [0.4, 0.5) is 5.69 Å². The summed E-state index contributed by atoms with van der Waals surface area (Å²) in [6, 6.07) is 6.33. The van der Waals surface area contributed by atoms with E-state index < -0.39 is 0 Å². The topological polar surface area (TPSA) is 93.2 Å². The number of nitrogens with zero attached hydrogens (tertiary/aromatic N) is 2. The first-order valence-corrected chi connectivity index (χ1v) is 5.41. The number of nitrogen functional groups attached to an aromatic ring is 1. The van der Waals surface area contributed by atoms with E-state index >= 15 is 0 Å². The first-order chi connectivity index (χ1) is 8.56. The van der Waals surface area contributed by atoms with Gasteiger partial charge >= 0.3 is 0 Å². The Balaban J connectivity index is 2.03. The molecule has 0 fully saturated rings. The molecule has 0 aliphatic carbocycles. The zero-order valence-corrected chi connectivity index (χ0v) is 9.92. The fourth-order valence-corrected chi connectivity index (χ4v) is 1.55. The molecule has 0 bridgehead atoms. The molecule has 0 unspecified atom stereocenters. The smallest absolute Gasteiger partial charge is 0.272 e. The van der Waals surface area contributed by atoms with Crippen LogP contribution in [0.5, 0.6) is 5.75 Å². The second kappa shape index (κ2) is 4.79. The van der Waals surface area contributed by atoms with Crippen molar-refractivity contribution in [2.75, 3.05) is 5.73 Å². The summed E-state index contributed by atoms with van der Waals surface area (Å²) in [5.74, 6) is -0.192. The molecule has 6 heteroatoms. The molecule has 0 aliphatic rings. The lowest BCUT2D eigenvalue weighted by molar-refractivity contribution is 0.0945. The maximum Gasteiger partial charge on any atom is 0.272 e. The van der Waals surface area contributed by atoms with E-state index in [2.05, 4.69) is 10.4 Å². The van der Waals surface area contributed by atoms with E-state index in [4.69, 9.17) is 5.73 Å². The Morgan fingerprint density at radius 1 is 1.50 bits per heavy atom. The molecule has 0 radical (unpaired) electrons. The highest BCUT2D eigenvalue weighted by Gasteiger charge is 2.09. The Hall–Kier alpha value is -2.50. The molecule has 1 aromatic heterocycles. The average Bonchev–Trinajstić information content (AvgIpc) is 2.77. The summed E-state index contributed by atoms with van der Waals surface area (Å²) >= 11 is 0. The molecule has 0 atom stereocenters. The summed E-state index contributed by atoms with van der Waals surface area (Å²) in [6.07, 6.45) is 1.69. The van der Waals surface area contributed by atoms with Crippen LogP contribution in [-0.2, 0) is 13.6 Å². The summed E-state index contributed by atoms with van der Waals surface area (Å²) in [7, 11) is 1.74. The number of rotatable bonds is 3. The summed E-state index contributed by atoms with van der Waals surface area (Å²) in [5.41, 5.74) is 7.05. The van der Waals surface area contributed by atoms with Crippen LogP contribution >= 0.6 is 0 Å². The average molecular weight is 246 g/mol. The highest BCUT2D eigenvalue weighted by molar-refractivity contribution is 5.92.